The number of guanidine groups is 1. The van der Waals surface area contributed by atoms with Crippen molar-refractivity contribution in [1.29, 1.82) is 0 Å². The van der Waals surface area contributed by atoms with Gasteiger partial charge in [0.2, 0.25) is 0 Å². The Kier molecular flexibility index (Phi) is 8.77. The first kappa shape index (κ1) is 17.2. The lowest BCUT2D eigenvalue weighted by Crippen LogP contribution is -2.42. The van der Waals surface area contributed by atoms with E-state index < -0.39 is 0 Å². The van der Waals surface area contributed by atoms with Crippen LogP contribution >= 0.6 is 0 Å². The molecule has 0 saturated heterocycles. The summed E-state index contributed by atoms with van der Waals surface area (Å²) in [5.74, 6) is 0.798. The fraction of sp³-hybridized carbons (Fsp3) is 0.929. The van der Waals surface area contributed by atoms with Gasteiger partial charge in [-0.2, -0.15) is 0 Å². The highest BCUT2D eigenvalue weighted by molar-refractivity contribution is 5.79. The van der Waals surface area contributed by atoms with Gasteiger partial charge in [-0.15, -0.1) is 0 Å². The number of alkyl halides is 1. The molecular weight excluding hydrogens is 229 g/mol. The largest absolute Gasteiger partial charge is 0.357 e. The molecule has 0 spiro atoms. The lowest BCUT2D eigenvalue weighted by Gasteiger charge is -2.23. The molecule has 0 aromatic carbocycles. The third-order valence-corrected chi connectivity index (χ3v) is 2.62. The van der Waals surface area contributed by atoms with Crippen LogP contribution in [0, 0.1) is 5.41 Å². The third-order valence-electron chi connectivity index (χ3n) is 2.62. The SMILES string of the molecule is CCNC(=NCCCF)NC(C)CCC(C)(C)C. The fourth-order valence-electron chi connectivity index (χ4n) is 1.53. The Morgan fingerprint density at radius 1 is 1.33 bits per heavy atom. The zero-order valence-electron chi connectivity index (χ0n) is 12.6. The van der Waals surface area contributed by atoms with E-state index in [0.717, 1.165) is 18.9 Å². The lowest BCUT2D eigenvalue weighted by molar-refractivity contribution is 0.346. The monoisotopic (exact) mass is 259 g/mol. The molecule has 2 N–H and O–H groups in total. The highest BCUT2D eigenvalue weighted by Crippen LogP contribution is 2.21. The first-order valence-corrected chi connectivity index (χ1v) is 7.00. The van der Waals surface area contributed by atoms with E-state index in [1.165, 1.54) is 6.42 Å². The predicted molar refractivity (Wildman–Crippen MR) is 77.9 cm³/mol. The molecule has 108 valence electrons. The maximum absolute atomic E-state index is 12.0. The second-order valence-corrected chi connectivity index (χ2v) is 5.95. The first-order chi connectivity index (χ1) is 8.39. The topological polar surface area (TPSA) is 36.4 Å². The number of halogens is 1. The Balaban J connectivity index is 4.10. The van der Waals surface area contributed by atoms with E-state index in [9.17, 15) is 4.39 Å². The van der Waals surface area contributed by atoms with E-state index in [4.69, 9.17) is 0 Å². The Labute approximate surface area is 112 Å². The van der Waals surface area contributed by atoms with Crippen LogP contribution in [-0.4, -0.2) is 31.8 Å². The summed E-state index contributed by atoms with van der Waals surface area (Å²) in [6, 6.07) is 0.382. The van der Waals surface area contributed by atoms with Gasteiger partial charge in [-0.3, -0.25) is 9.38 Å². The Morgan fingerprint density at radius 2 is 2.00 bits per heavy atom. The standard InChI is InChI=1S/C14H30FN3/c1-6-16-13(17-11-7-10-15)18-12(2)8-9-14(3,4)5/h12H,6-11H2,1-5H3,(H2,16,17,18). The molecule has 1 unspecified atom stereocenters. The van der Waals surface area contributed by atoms with Crippen molar-refractivity contribution in [3.63, 3.8) is 0 Å². The van der Waals surface area contributed by atoms with Gasteiger partial charge in [0.1, 0.15) is 0 Å². The quantitative estimate of drug-likeness (QED) is 0.419. The average Bonchev–Trinajstić information content (AvgIpc) is 2.26. The van der Waals surface area contributed by atoms with Crippen LogP contribution in [0.1, 0.15) is 53.9 Å². The minimum atomic E-state index is -0.303. The summed E-state index contributed by atoms with van der Waals surface area (Å²) in [7, 11) is 0. The van der Waals surface area contributed by atoms with E-state index in [1.807, 2.05) is 6.92 Å². The molecule has 0 aliphatic carbocycles. The molecule has 0 heterocycles. The van der Waals surface area contributed by atoms with Crippen molar-refractivity contribution >= 4 is 5.96 Å². The molecule has 0 rings (SSSR count). The van der Waals surface area contributed by atoms with Gasteiger partial charge in [0.15, 0.2) is 5.96 Å². The van der Waals surface area contributed by atoms with Crippen molar-refractivity contribution in [1.82, 2.24) is 10.6 Å². The Hall–Kier alpha value is -0.800. The Bertz CT molecular complexity index is 234. The van der Waals surface area contributed by atoms with E-state index in [0.29, 0.717) is 24.4 Å². The molecule has 4 heteroatoms. The van der Waals surface area contributed by atoms with Crippen molar-refractivity contribution in [3.05, 3.63) is 0 Å². The number of nitrogens with one attached hydrogen (secondary N) is 2. The molecule has 18 heavy (non-hydrogen) atoms. The summed E-state index contributed by atoms with van der Waals surface area (Å²) >= 11 is 0. The maximum atomic E-state index is 12.0. The van der Waals surface area contributed by atoms with Gasteiger partial charge in [0.25, 0.3) is 0 Å². The molecular formula is C14H30FN3. The van der Waals surface area contributed by atoms with Crippen LogP contribution in [0.4, 0.5) is 4.39 Å². The molecule has 0 bridgehead atoms. The van der Waals surface area contributed by atoms with E-state index >= 15 is 0 Å². The molecule has 0 aliphatic heterocycles. The fourth-order valence-corrected chi connectivity index (χ4v) is 1.53. The van der Waals surface area contributed by atoms with Gasteiger partial charge in [-0.05, 0) is 38.5 Å². The smallest absolute Gasteiger partial charge is 0.191 e. The summed E-state index contributed by atoms with van der Waals surface area (Å²) in [4.78, 5) is 4.34. The number of hydrogen-bond acceptors (Lipinski definition) is 1. The van der Waals surface area contributed by atoms with E-state index in [-0.39, 0.29) is 6.67 Å². The van der Waals surface area contributed by atoms with Crippen molar-refractivity contribution < 1.29 is 4.39 Å². The summed E-state index contributed by atoms with van der Waals surface area (Å²) < 4.78 is 12.0. The molecule has 1 atom stereocenters. The summed E-state index contributed by atoms with van der Waals surface area (Å²) in [5.41, 5.74) is 0.361. The van der Waals surface area contributed by atoms with Crippen LogP contribution in [0.2, 0.25) is 0 Å². The van der Waals surface area contributed by atoms with E-state index in [2.05, 4.69) is 43.3 Å². The zero-order valence-corrected chi connectivity index (χ0v) is 12.6. The minimum absolute atomic E-state index is 0.303. The molecule has 0 amide bonds. The maximum Gasteiger partial charge on any atom is 0.191 e. The van der Waals surface area contributed by atoms with Crippen molar-refractivity contribution in [2.24, 2.45) is 10.4 Å². The molecule has 0 radical (unpaired) electrons. The zero-order chi connectivity index (χ0) is 14.0. The van der Waals surface area contributed by atoms with Crippen molar-refractivity contribution in [2.45, 2.75) is 59.9 Å². The van der Waals surface area contributed by atoms with Gasteiger partial charge >= 0.3 is 0 Å². The van der Waals surface area contributed by atoms with Gasteiger partial charge in [0.05, 0.1) is 6.67 Å². The number of rotatable bonds is 7. The van der Waals surface area contributed by atoms with Crippen LogP contribution in [0.25, 0.3) is 0 Å². The number of aliphatic imine (C=N–C) groups is 1. The predicted octanol–water partition coefficient (Wildman–Crippen LogP) is 3.12. The average molecular weight is 259 g/mol. The minimum Gasteiger partial charge on any atom is -0.357 e. The molecule has 0 saturated carbocycles. The van der Waals surface area contributed by atoms with Crippen molar-refractivity contribution in [2.75, 3.05) is 19.8 Å². The first-order valence-electron chi connectivity index (χ1n) is 7.00. The van der Waals surface area contributed by atoms with Crippen LogP contribution in [0.3, 0.4) is 0 Å². The second-order valence-electron chi connectivity index (χ2n) is 5.95. The van der Waals surface area contributed by atoms with Gasteiger partial charge in [0, 0.05) is 19.1 Å². The van der Waals surface area contributed by atoms with Gasteiger partial charge in [-0.25, -0.2) is 0 Å². The molecule has 0 aliphatic rings. The van der Waals surface area contributed by atoms with Crippen molar-refractivity contribution in [3.8, 4) is 0 Å². The normalized spacial score (nSPS) is 14.4. The third kappa shape index (κ3) is 10.4. The Morgan fingerprint density at radius 3 is 2.50 bits per heavy atom. The van der Waals surface area contributed by atoms with Crippen LogP contribution in [-0.2, 0) is 0 Å². The number of nitrogens with zero attached hydrogens (tertiary/aromatic N) is 1. The van der Waals surface area contributed by atoms with Gasteiger partial charge < -0.3 is 10.6 Å². The molecule has 0 aromatic heterocycles. The number of hydrogen-bond donors (Lipinski definition) is 2. The summed E-state index contributed by atoms with van der Waals surface area (Å²) in [5, 5.41) is 6.55. The lowest BCUT2D eigenvalue weighted by atomic mass is 9.89. The summed E-state index contributed by atoms with van der Waals surface area (Å²) in [6.07, 6.45) is 2.77. The molecule has 3 nitrogen and oxygen atoms in total. The van der Waals surface area contributed by atoms with E-state index in [1.54, 1.807) is 0 Å². The van der Waals surface area contributed by atoms with Crippen LogP contribution in [0.5, 0.6) is 0 Å². The highest BCUT2D eigenvalue weighted by atomic mass is 19.1. The van der Waals surface area contributed by atoms with Gasteiger partial charge in [-0.1, -0.05) is 20.8 Å². The van der Waals surface area contributed by atoms with Crippen LogP contribution in [0.15, 0.2) is 4.99 Å². The summed E-state index contributed by atoms with van der Waals surface area (Å²) in [6.45, 7) is 12.0. The van der Waals surface area contributed by atoms with Crippen LogP contribution < -0.4 is 10.6 Å². The highest BCUT2D eigenvalue weighted by Gasteiger charge is 2.13. The molecule has 0 aromatic rings. The molecule has 0 fully saturated rings. The second kappa shape index (κ2) is 9.17.